The summed E-state index contributed by atoms with van der Waals surface area (Å²) in [6.45, 7) is 4.73. The lowest BCUT2D eigenvalue weighted by Crippen LogP contribution is -2.95. The Morgan fingerprint density at radius 1 is 1.12 bits per heavy atom. The largest absolute Gasteiger partial charge is 0.394 e. The summed E-state index contributed by atoms with van der Waals surface area (Å²) in [6, 6.07) is -0.271. The standard InChI is InChI=1S/C22H38ClFN4O4/c23-15-11-14(4-5-16(15)24)22(31)26-12-17-20(21(30)18(13-29)32-17)28-9-7-27(8-10-28)19-3-1-2-6-25-19/h14-21,25,29-30H,1-13H2,(H,26,31)/p+1/t14?,15?,16?,17-,18+,19?,20-,21-/m1/s1. The number of carbonyl (C=O) groups excluding carboxylic acids is 1. The van der Waals surface area contributed by atoms with Crippen molar-refractivity contribution in [3.05, 3.63) is 0 Å². The van der Waals surface area contributed by atoms with Gasteiger partial charge < -0.3 is 25.6 Å². The van der Waals surface area contributed by atoms with Crippen molar-refractivity contribution in [2.75, 3.05) is 45.9 Å². The molecule has 1 saturated carbocycles. The van der Waals surface area contributed by atoms with Gasteiger partial charge in [0.15, 0.2) is 0 Å². The number of piperazine rings is 1. The van der Waals surface area contributed by atoms with Crippen LogP contribution in [-0.4, -0.2) is 114 Å². The van der Waals surface area contributed by atoms with E-state index in [1.807, 2.05) is 0 Å². The highest BCUT2D eigenvalue weighted by atomic mass is 35.5. The van der Waals surface area contributed by atoms with Crippen LogP contribution in [0.1, 0.15) is 38.5 Å². The first-order valence-corrected chi connectivity index (χ1v) is 12.7. The number of rotatable bonds is 6. The van der Waals surface area contributed by atoms with Crippen LogP contribution in [0.5, 0.6) is 0 Å². The molecular weight excluding hydrogens is 439 g/mol. The van der Waals surface area contributed by atoms with Gasteiger partial charge in [0, 0.05) is 45.1 Å². The van der Waals surface area contributed by atoms with Gasteiger partial charge in [-0.25, -0.2) is 4.39 Å². The minimum absolute atomic E-state index is 0.135. The third-order valence-corrected chi connectivity index (χ3v) is 8.27. The van der Waals surface area contributed by atoms with Gasteiger partial charge in [0.2, 0.25) is 5.91 Å². The maximum absolute atomic E-state index is 13.6. The van der Waals surface area contributed by atoms with E-state index in [0.29, 0.717) is 25.4 Å². The average molecular weight is 478 g/mol. The summed E-state index contributed by atoms with van der Waals surface area (Å²) in [6.07, 6.45) is 2.60. The van der Waals surface area contributed by atoms with Gasteiger partial charge in [-0.1, -0.05) is 0 Å². The second-order valence-electron chi connectivity index (χ2n) is 9.82. The number of hydrogen-bond acceptors (Lipinski definition) is 6. The smallest absolute Gasteiger partial charge is 0.223 e. The minimum Gasteiger partial charge on any atom is -0.394 e. The van der Waals surface area contributed by atoms with Crippen LogP contribution in [0, 0.1) is 5.92 Å². The third-order valence-electron chi connectivity index (χ3n) is 7.81. The Bertz CT molecular complexity index is 621. The van der Waals surface area contributed by atoms with Gasteiger partial charge in [-0.05, 0) is 32.1 Å². The second kappa shape index (κ2) is 11.3. The Kier molecular flexibility index (Phi) is 8.64. The predicted molar refractivity (Wildman–Crippen MR) is 118 cm³/mol. The molecule has 4 rings (SSSR count). The molecule has 3 aliphatic heterocycles. The average Bonchev–Trinajstić information content (AvgIpc) is 3.15. The lowest BCUT2D eigenvalue weighted by atomic mass is 9.87. The topological polar surface area (TPSA) is 102 Å². The Morgan fingerprint density at radius 2 is 1.88 bits per heavy atom. The first-order chi connectivity index (χ1) is 15.5. The van der Waals surface area contributed by atoms with Crippen molar-refractivity contribution in [3.63, 3.8) is 0 Å². The summed E-state index contributed by atoms with van der Waals surface area (Å²) in [5.41, 5.74) is 0. The van der Waals surface area contributed by atoms with E-state index in [0.717, 1.165) is 26.2 Å². The molecule has 4 aliphatic rings. The first kappa shape index (κ1) is 24.6. The molecule has 10 heteroatoms. The quantitative estimate of drug-likeness (QED) is 0.367. The van der Waals surface area contributed by atoms with E-state index in [4.69, 9.17) is 16.3 Å². The van der Waals surface area contributed by atoms with Crippen LogP contribution in [0.3, 0.4) is 0 Å². The lowest BCUT2D eigenvalue weighted by molar-refractivity contribution is -0.717. The molecule has 3 heterocycles. The number of aliphatic hydroxyl groups excluding tert-OH is 2. The first-order valence-electron chi connectivity index (χ1n) is 12.3. The predicted octanol–water partition coefficient (Wildman–Crippen LogP) is -0.972. The molecule has 4 fully saturated rings. The van der Waals surface area contributed by atoms with Crippen molar-refractivity contribution in [3.8, 4) is 0 Å². The molecule has 8 atom stereocenters. The molecule has 8 nitrogen and oxygen atoms in total. The van der Waals surface area contributed by atoms with Crippen molar-refractivity contribution in [2.45, 2.75) is 80.6 Å². The Balaban J connectivity index is 1.31. The number of halogens is 2. The molecule has 0 aromatic heterocycles. The number of nitrogens with one attached hydrogen (secondary N) is 1. The van der Waals surface area contributed by atoms with E-state index >= 15 is 0 Å². The van der Waals surface area contributed by atoms with E-state index in [9.17, 15) is 19.4 Å². The molecule has 3 saturated heterocycles. The number of hydrogen-bond donors (Lipinski definition) is 4. The van der Waals surface area contributed by atoms with E-state index in [1.54, 1.807) is 0 Å². The molecule has 0 bridgehead atoms. The normalized spacial score (nSPS) is 42.1. The SMILES string of the molecule is O=C(NC[C@H]1O[C@@H](CO)[C@@H](O)[C@@H]1N1CCN(C2CCCC[NH2+]2)CC1)C1CCC(F)C(Cl)C1. The lowest BCUT2D eigenvalue weighted by Gasteiger charge is -2.42. The zero-order valence-corrected chi connectivity index (χ0v) is 19.5. The van der Waals surface area contributed by atoms with Gasteiger partial charge in [-0.2, -0.15) is 0 Å². The van der Waals surface area contributed by atoms with E-state index < -0.39 is 29.9 Å². The molecule has 4 unspecified atom stereocenters. The van der Waals surface area contributed by atoms with Crippen LogP contribution in [-0.2, 0) is 9.53 Å². The maximum Gasteiger partial charge on any atom is 0.223 e. The number of alkyl halides is 2. The van der Waals surface area contributed by atoms with E-state index in [1.165, 1.54) is 25.8 Å². The van der Waals surface area contributed by atoms with Crippen LogP contribution >= 0.6 is 11.6 Å². The fourth-order valence-corrected chi connectivity index (χ4v) is 6.22. The van der Waals surface area contributed by atoms with Gasteiger partial charge in [-0.3, -0.25) is 14.6 Å². The summed E-state index contributed by atoms with van der Waals surface area (Å²) in [5, 5.41) is 25.3. The van der Waals surface area contributed by atoms with Crippen molar-refractivity contribution in [1.82, 2.24) is 15.1 Å². The number of aliphatic hydroxyl groups is 2. The minimum atomic E-state index is -1.05. The van der Waals surface area contributed by atoms with Gasteiger partial charge in [-0.15, -0.1) is 11.6 Å². The molecular formula is C22H39ClFN4O4+. The summed E-state index contributed by atoms with van der Waals surface area (Å²) >= 11 is 6.03. The molecule has 1 amide bonds. The Hall–Kier alpha value is -0.550. The summed E-state index contributed by atoms with van der Waals surface area (Å²) in [4.78, 5) is 17.4. The van der Waals surface area contributed by atoms with Crippen LogP contribution in [0.2, 0.25) is 0 Å². The molecule has 0 aromatic rings. The van der Waals surface area contributed by atoms with Gasteiger partial charge in [0.25, 0.3) is 0 Å². The van der Waals surface area contributed by atoms with Crippen LogP contribution in [0.4, 0.5) is 4.39 Å². The van der Waals surface area contributed by atoms with Crippen LogP contribution in [0.15, 0.2) is 0 Å². The molecule has 1 aliphatic carbocycles. The zero-order chi connectivity index (χ0) is 22.7. The summed E-state index contributed by atoms with van der Waals surface area (Å²) < 4.78 is 19.6. The highest BCUT2D eigenvalue weighted by molar-refractivity contribution is 6.21. The van der Waals surface area contributed by atoms with Crippen molar-refractivity contribution in [2.24, 2.45) is 5.92 Å². The highest BCUT2D eigenvalue weighted by Crippen LogP contribution is 2.31. The highest BCUT2D eigenvalue weighted by Gasteiger charge is 2.47. The number of piperidine rings is 1. The van der Waals surface area contributed by atoms with Gasteiger partial charge >= 0.3 is 0 Å². The number of ether oxygens (including phenoxy) is 1. The monoisotopic (exact) mass is 477 g/mol. The zero-order valence-electron chi connectivity index (χ0n) is 18.7. The Morgan fingerprint density at radius 3 is 2.53 bits per heavy atom. The van der Waals surface area contributed by atoms with E-state index in [2.05, 4.69) is 20.4 Å². The number of nitrogens with two attached hydrogens (primary N) is 1. The summed E-state index contributed by atoms with van der Waals surface area (Å²) in [7, 11) is 0. The number of quaternary nitrogens is 1. The van der Waals surface area contributed by atoms with Crippen LogP contribution in [0.25, 0.3) is 0 Å². The van der Waals surface area contributed by atoms with Crippen molar-refractivity contribution >= 4 is 17.5 Å². The van der Waals surface area contributed by atoms with Gasteiger partial charge in [0.1, 0.15) is 24.5 Å². The molecule has 184 valence electrons. The fraction of sp³-hybridized carbons (Fsp3) is 0.955. The molecule has 32 heavy (non-hydrogen) atoms. The van der Waals surface area contributed by atoms with Crippen LogP contribution < -0.4 is 10.6 Å². The second-order valence-corrected chi connectivity index (χ2v) is 10.4. The number of amides is 1. The van der Waals surface area contributed by atoms with Crippen molar-refractivity contribution in [1.29, 1.82) is 0 Å². The molecule has 0 aromatic carbocycles. The van der Waals surface area contributed by atoms with Gasteiger partial charge in [0.05, 0.1) is 30.7 Å². The van der Waals surface area contributed by atoms with Crippen molar-refractivity contribution < 1.29 is 29.5 Å². The maximum atomic E-state index is 13.6. The number of carbonyl (C=O) groups is 1. The third kappa shape index (κ3) is 5.56. The molecule has 0 spiro atoms. The fourth-order valence-electron chi connectivity index (χ4n) is 5.88. The molecule has 0 radical (unpaired) electrons. The molecule has 5 N–H and O–H groups in total. The Labute approximate surface area is 194 Å². The number of nitrogens with zero attached hydrogens (tertiary/aromatic N) is 2. The van der Waals surface area contributed by atoms with E-state index in [-0.39, 0.29) is 31.0 Å². The summed E-state index contributed by atoms with van der Waals surface area (Å²) in [5.74, 6) is -0.428.